The van der Waals surface area contributed by atoms with Crippen molar-refractivity contribution in [2.75, 3.05) is 0 Å². The maximum atomic E-state index is 10.8. The topological polar surface area (TPSA) is 70.2 Å². The summed E-state index contributed by atoms with van der Waals surface area (Å²) in [4.78, 5) is 14.4. The summed E-state index contributed by atoms with van der Waals surface area (Å²) in [5, 5.41) is 10.8. The Morgan fingerprint density at radius 1 is 1.59 bits per heavy atom. The molecule has 0 aliphatic rings. The molecule has 0 N–H and O–H groups in total. The number of nitro groups is 1. The summed E-state index contributed by atoms with van der Waals surface area (Å²) in [6.45, 7) is 10.4. The van der Waals surface area contributed by atoms with Gasteiger partial charge in [0.1, 0.15) is 12.7 Å². The van der Waals surface area contributed by atoms with Gasteiger partial charge < -0.3 is 14.5 Å². The fourth-order valence-corrected chi connectivity index (χ4v) is 3.01. The van der Waals surface area contributed by atoms with E-state index in [4.69, 9.17) is 4.43 Å². The number of aryl methyl sites for hydroxylation is 1. The first-order valence-corrected chi connectivity index (χ1v) is 8.96. The van der Waals surface area contributed by atoms with Gasteiger partial charge in [0.15, 0.2) is 14.1 Å². The Bertz CT molecular complexity index is 411. The highest BCUT2D eigenvalue weighted by Gasteiger charge is 2.23. The van der Waals surface area contributed by atoms with Crippen molar-refractivity contribution in [3.63, 3.8) is 0 Å². The van der Waals surface area contributed by atoms with Crippen molar-refractivity contribution in [1.82, 2.24) is 9.55 Å². The SMILES string of the molecule is Cc1ncc([N+](=O)[O-])n1CC(C)O[Si](C)(C)C. The summed E-state index contributed by atoms with van der Waals surface area (Å²) in [6.07, 6.45) is 1.24. The Hall–Kier alpha value is -1.21. The normalized spacial score (nSPS) is 13.7. The van der Waals surface area contributed by atoms with Crippen molar-refractivity contribution in [3.8, 4) is 0 Å². The molecule has 0 radical (unpaired) electrons. The van der Waals surface area contributed by atoms with Gasteiger partial charge in [0.2, 0.25) is 0 Å². The fraction of sp³-hybridized carbons (Fsp3) is 0.700. The number of rotatable bonds is 5. The van der Waals surface area contributed by atoms with E-state index < -0.39 is 13.2 Å². The molecule has 1 unspecified atom stereocenters. The second-order valence-electron chi connectivity index (χ2n) is 5.07. The first-order chi connectivity index (χ1) is 7.70. The van der Waals surface area contributed by atoms with Crippen molar-refractivity contribution >= 4 is 14.1 Å². The smallest absolute Gasteiger partial charge is 0.342 e. The van der Waals surface area contributed by atoms with Crippen molar-refractivity contribution < 1.29 is 9.35 Å². The van der Waals surface area contributed by atoms with Crippen LogP contribution in [0, 0.1) is 17.0 Å². The highest BCUT2D eigenvalue weighted by molar-refractivity contribution is 6.69. The van der Waals surface area contributed by atoms with Crippen molar-refractivity contribution in [2.45, 2.75) is 46.1 Å². The van der Waals surface area contributed by atoms with Crippen LogP contribution < -0.4 is 0 Å². The van der Waals surface area contributed by atoms with Gasteiger partial charge >= 0.3 is 5.82 Å². The third-order valence-corrected chi connectivity index (χ3v) is 3.32. The zero-order valence-electron chi connectivity index (χ0n) is 10.9. The third kappa shape index (κ3) is 3.94. The Kier molecular flexibility index (Phi) is 4.05. The van der Waals surface area contributed by atoms with E-state index in [1.165, 1.54) is 6.20 Å². The zero-order valence-corrected chi connectivity index (χ0v) is 11.9. The van der Waals surface area contributed by atoms with Gasteiger partial charge in [-0.25, -0.2) is 9.55 Å². The first-order valence-electron chi connectivity index (χ1n) is 5.55. The van der Waals surface area contributed by atoms with Gasteiger partial charge in [-0.05, 0) is 31.5 Å². The van der Waals surface area contributed by atoms with Gasteiger partial charge in [-0.1, -0.05) is 0 Å². The number of aromatic nitrogens is 2. The molecule has 0 aromatic carbocycles. The minimum atomic E-state index is -1.62. The Morgan fingerprint density at radius 3 is 2.65 bits per heavy atom. The predicted molar refractivity (Wildman–Crippen MR) is 67.5 cm³/mol. The fourth-order valence-electron chi connectivity index (χ4n) is 1.73. The lowest BCUT2D eigenvalue weighted by molar-refractivity contribution is -0.392. The van der Waals surface area contributed by atoms with E-state index in [2.05, 4.69) is 24.6 Å². The minimum Gasteiger partial charge on any atom is -0.411 e. The highest BCUT2D eigenvalue weighted by atomic mass is 28.4. The molecular weight excluding hydrogens is 238 g/mol. The van der Waals surface area contributed by atoms with E-state index in [1.807, 2.05) is 6.92 Å². The minimum absolute atomic E-state index is 0.0218. The van der Waals surface area contributed by atoms with E-state index in [-0.39, 0.29) is 11.9 Å². The molecule has 0 saturated carbocycles. The molecule has 1 aromatic heterocycles. The first kappa shape index (κ1) is 13.9. The highest BCUT2D eigenvalue weighted by Crippen LogP contribution is 2.16. The Morgan fingerprint density at radius 2 is 2.18 bits per heavy atom. The summed E-state index contributed by atoms with van der Waals surface area (Å²) in [5.74, 6) is 0.663. The van der Waals surface area contributed by atoms with Crippen LogP contribution in [0.2, 0.25) is 19.6 Å². The molecule has 0 aliphatic heterocycles. The predicted octanol–water partition coefficient (Wildman–Crippen LogP) is 2.34. The lowest BCUT2D eigenvalue weighted by atomic mass is 10.4. The van der Waals surface area contributed by atoms with Crippen molar-refractivity contribution in [1.29, 1.82) is 0 Å². The van der Waals surface area contributed by atoms with E-state index in [1.54, 1.807) is 11.5 Å². The van der Waals surface area contributed by atoms with E-state index in [9.17, 15) is 10.1 Å². The van der Waals surface area contributed by atoms with Crippen LogP contribution in [-0.2, 0) is 11.0 Å². The second kappa shape index (κ2) is 4.97. The van der Waals surface area contributed by atoms with E-state index >= 15 is 0 Å². The van der Waals surface area contributed by atoms with Crippen LogP contribution >= 0.6 is 0 Å². The number of hydrogen-bond acceptors (Lipinski definition) is 4. The van der Waals surface area contributed by atoms with Gasteiger partial charge in [0, 0.05) is 6.92 Å². The zero-order chi connectivity index (χ0) is 13.2. The van der Waals surface area contributed by atoms with Crippen LogP contribution in [0.3, 0.4) is 0 Å². The molecule has 1 heterocycles. The van der Waals surface area contributed by atoms with Gasteiger partial charge in [0.25, 0.3) is 0 Å². The molecule has 0 aliphatic carbocycles. The lowest BCUT2D eigenvalue weighted by Gasteiger charge is -2.22. The summed E-state index contributed by atoms with van der Waals surface area (Å²) in [5.41, 5.74) is 0. The van der Waals surface area contributed by atoms with Crippen molar-refractivity contribution in [2.24, 2.45) is 0 Å². The maximum absolute atomic E-state index is 10.8. The quantitative estimate of drug-likeness (QED) is 0.461. The molecule has 7 heteroatoms. The van der Waals surface area contributed by atoms with Gasteiger partial charge in [-0.15, -0.1) is 0 Å². The largest absolute Gasteiger partial charge is 0.411 e. The molecule has 96 valence electrons. The summed E-state index contributed by atoms with van der Waals surface area (Å²) >= 11 is 0. The molecule has 1 rings (SSSR count). The standard InChI is InChI=1S/C10H19N3O3Si/c1-8(16-17(3,4)5)7-12-9(2)11-6-10(12)13(14)15/h6,8H,7H2,1-5H3. The molecule has 0 fully saturated rings. The molecule has 0 saturated heterocycles. The van der Waals surface area contributed by atoms with Crippen LogP contribution in [0.25, 0.3) is 0 Å². The second-order valence-corrected chi connectivity index (χ2v) is 9.53. The molecule has 6 nitrogen and oxygen atoms in total. The number of imidazole rings is 1. The maximum Gasteiger partial charge on any atom is 0.342 e. The molecule has 1 aromatic rings. The number of nitrogens with zero attached hydrogens (tertiary/aromatic N) is 3. The van der Waals surface area contributed by atoms with Gasteiger partial charge in [0.05, 0.1) is 6.10 Å². The lowest BCUT2D eigenvalue weighted by Crippen LogP contribution is -2.33. The molecule has 0 bridgehead atoms. The summed E-state index contributed by atoms with van der Waals surface area (Å²) < 4.78 is 7.46. The van der Waals surface area contributed by atoms with Gasteiger partial charge in [-0.3, -0.25) is 0 Å². The monoisotopic (exact) mass is 257 g/mol. The molecule has 0 amide bonds. The molecule has 17 heavy (non-hydrogen) atoms. The average Bonchev–Trinajstić information content (AvgIpc) is 2.44. The Labute approximate surface area is 102 Å². The van der Waals surface area contributed by atoms with Crippen LogP contribution in [0.1, 0.15) is 12.7 Å². The molecular formula is C10H19N3O3Si. The van der Waals surface area contributed by atoms with Crippen molar-refractivity contribution in [3.05, 3.63) is 22.1 Å². The van der Waals surface area contributed by atoms with E-state index in [0.717, 1.165) is 0 Å². The summed E-state index contributed by atoms with van der Waals surface area (Å²) in [6, 6.07) is 0. The van der Waals surface area contributed by atoms with Gasteiger partial charge in [-0.2, -0.15) is 0 Å². The Balaban J connectivity index is 2.81. The van der Waals surface area contributed by atoms with Crippen LogP contribution in [0.4, 0.5) is 5.82 Å². The van der Waals surface area contributed by atoms with Crippen LogP contribution in [0.5, 0.6) is 0 Å². The average molecular weight is 257 g/mol. The number of hydrogen-bond donors (Lipinski definition) is 0. The molecule has 1 atom stereocenters. The molecule has 0 spiro atoms. The van der Waals surface area contributed by atoms with Crippen LogP contribution in [0.15, 0.2) is 6.20 Å². The van der Waals surface area contributed by atoms with E-state index in [0.29, 0.717) is 12.4 Å². The summed E-state index contributed by atoms with van der Waals surface area (Å²) in [7, 11) is -1.62. The van der Waals surface area contributed by atoms with Crippen LogP contribution in [-0.4, -0.2) is 28.9 Å². The third-order valence-electron chi connectivity index (χ3n) is 2.22.